The average Bonchev–Trinajstić information content (AvgIpc) is 2.53. The highest BCUT2D eigenvalue weighted by molar-refractivity contribution is 6.30. The molecular weight excluding hydrogens is 349 g/mol. The Kier molecular flexibility index (Phi) is 7.20. The molecule has 4 nitrogen and oxygen atoms in total. The van der Waals surface area contributed by atoms with E-state index in [0.29, 0.717) is 31.1 Å². The molecule has 0 unspecified atom stereocenters. The molecule has 1 amide bonds. The van der Waals surface area contributed by atoms with Crippen molar-refractivity contribution in [3.05, 3.63) is 34.9 Å². The Labute approximate surface area is 145 Å². The number of carbonyl (C=O) groups is 1. The van der Waals surface area contributed by atoms with Gasteiger partial charge in [0.15, 0.2) is 0 Å². The molecule has 0 saturated carbocycles. The van der Waals surface area contributed by atoms with Crippen LogP contribution in [0, 0.1) is 0 Å². The van der Waals surface area contributed by atoms with Crippen LogP contribution >= 0.6 is 24.0 Å². The first-order valence-electron chi connectivity index (χ1n) is 7.10. The summed E-state index contributed by atoms with van der Waals surface area (Å²) in [6.45, 7) is -0.785. The smallest absolute Gasteiger partial charge is 0.277 e. The normalized spacial score (nSPS) is 17.2. The van der Waals surface area contributed by atoms with E-state index in [1.165, 1.54) is 0 Å². The molecular formula is C15H20Cl2F2N2O2. The zero-order chi connectivity index (χ0) is 16.2. The SMILES string of the molecule is Cl.NCC(F)(F)CNC(=O)C1(c2cccc(Cl)c2)CCOCC1. The van der Waals surface area contributed by atoms with Gasteiger partial charge in [-0.15, -0.1) is 12.4 Å². The topological polar surface area (TPSA) is 64.3 Å². The van der Waals surface area contributed by atoms with Crippen molar-refractivity contribution in [2.24, 2.45) is 5.73 Å². The summed E-state index contributed by atoms with van der Waals surface area (Å²) in [6.07, 6.45) is 0.848. The molecule has 2 rings (SSSR count). The zero-order valence-electron chi connectivity index (χ0n) is 12.5. The first kappa shape index (κ1) is 20.1. The van der Waals surface area contributed by atoms with Gasteiger partial charge in [-0.3, -0.25) is 4.79 Å². The van der Waals surface area contributed by atoms with Crippen LogP contribution in [0.15, 0.2) is 24.3 Å². The van der Waals surface area contributed by atoms with Crippen molar-refractivity contribution in [1.82, 2.24) is 5.32 Å². The standard InChI is InChI=1S/C15H19ClF2N2O2.ClH/c16-12-3-1-2-11(8-12)14(4-6-22-7-5-14)13(21)20-10-15(17,18)9-19;/h1-3,8H,4-7,9-10,19H2,(H,20,21);1H. The largest absolute Gasteiger partial charge is 0.381 e. The molecule has 0 aromatic heterocycles. The summed E-state index contributed by atoms with van der Waals surface area (Å²) in [7, 11) is 0. The maximum atomic E-state index is 13.3. The zero-order valence-corrected chi connectivity index (χ0v) is 14.1. The van der Waals surface area contributed by atoms with Crippen LogP contribution in [-0.4, -0.2) is 38.1 Å². The van der Waals surface area contributed by atoms with E-state index in [9.17, 15) is 13.6 Å². The van der Waals surface area contributed by atoms with Crippen LogP contribution in [0.4, 0.5) is 8.78 Å². The van der Waals surface area contributed by atoms with Crippen LogP contribution in [0.3, 0.4) is 0 Å². The fourth-order valence-corrected chi connectivity index (χ4v) is 2.79. The van der Waals surface area contributed by atoms with Gasteiger partial charge < -0.3 is 15.8 Å². The third kappa shape index (κ3) is 4.76. The van der Waals surface area contributed by atoms with E-state index in [0.717, 1.165) is 5.56 Å². The van der Waals surface area contributed by atoms with Gasteiger partial charge in [0.2, 0.25) is 5.91 Å². The van der Waals surface area contributed by atoms with Gasteiger partial charge in [0, 0.05) is 18.2 Å². The van der Waals surface area contributed by atoms with Crippen molar-refractivity contribution in [2.75, 3.05) is 26.3 Å². The third-order valence-corrected chi connectivity index (χ3v) is 4.20. The number of halogens is 4. The molecule has 0 radical (unpaired) electrons. The molecule has 1 aromatic carbocycles. The fourth-order valence-electron chi connectivity index (χ4n) is 2.60. The Balaban J connectivity index is 0.00000264. The molecule has 0 bridgehead atoms. The summed E-state index contributed by atoms with van der Waals surface area (Å²) in [5.74, 6) is -3.55. The summed E-state index contributed by atoms with van der Waals surface area (Å²) in [4.78, 5) is 12.6. The van der Waals surface area contributed by atoms with Crippen LogP contribution in [0.2, 0.25) is 5.02 Å². The lowest BCUT2D eigenvalue weighted by Gasteiger charge is -2.36. The molecule has 1 heterocycles. The Hall–Kier alpha value is -0.950. The van der Waals surface area contributed by atoms with E-state index in [4.69, 9.17) is 22.1 Å². The number of nitrogens with two attached hydrogens (primary N) is 1. The summed E-state index contributed by atoms with van der Waals surface area (Å²) >= 11 is 6.00. The van der Waals surface area contributed by atoms with Crippen molar-refractivity contribution in [3.63, 3.8) is 0 Å². The molecule has 130 valence electrons. The van der Waals surface area contributed by atoms with Crippen molar-refractivity contribution in [1.29, 1.82) is 0 Å². The molecule has 0 aliphatic carbocycles. The first-order valence-corrected chi connectivity index (χ1v) is 7.47. The fraction of sp³-hybridized carbons (Fsp3) is 0.533. The van der Waals surface area contributed by atoms with Gasteiger partial charge >= 0.3 is 0 Å². The molecule has 0 atom stereocenters. The predicted molar refractivity (Wildman–Crippen MR) is 87.4 cm³/mol. The lowest BCUT2D eigenvalue weighted by atomic mass is 9.73. The second-order valence-corrected chi connectivity index (χ2v) is 5.88. The Morgan fingerprint density at radius 1 is 1.39 bits per heavy atom. The lowest BCUT2D eigenvalue weighted by Crippen LogP contribution is -2.51. The van der Waals surface area contributed by atoms with Crippen molar-refractivity contribution in [3.8, 4) is 0 Å². The minimum absolute atomic E-state index is 0. The van der Waals surface area contributed by atoms with Gasteiger partial charge in [0.1, 0.15) is 0 Å². The molecule has 1 aliphatic rings. The minimum atomic E-state index is -3.11. The number of hydrogen-bond acceptors (Lipinski definition) is 3. The average molecular weight is 369 g/mol. The summed E-state index contributed by atoms with van der Waals surface area (Å²) < 4.78 is 31.9. The second-order valence-electron chi connectivity index (χ2n) is 5.45. The van der Waals surface area contributed by atoms with Crippen molar-refractivity contribution < 1.29 is 18.3 Å². The lowest BCUT2D eigenvalue weighted by molar-refractivity contribution is -0.132. The predicted octanol–water partition coefficient (Wildman–Crippen LogP) is 2.52. The minimum Gasteiger partial charge on any atom is -0.381 e. The van der Waals surface area contributed by atoms with Crippen molar-refractivity contribution >= 4 is 29.9 Å². The molecule has 3 N–H and O–H groups in total. The van der Waals surface area contributed by atoms with Gasteiger partial charge in [-0.2, -0.15) is 0 Å². The highest BCUT2D eigenvalue weighted by Crippen LogP contribution is 2.36. The van der Waals surface area contributed by atoms with Gasteiger partial charge in [0.05, 0.1) is 18.5 Å². The molecule has 0 spiro atoms. The number of amides is 1. The summed E-state index contributed by atoms with van der Waals surface area (Å²) in [5.41, 5.74) is 4.82. The van der Waals surface area contributed by atoms with E-state index < -0.39 is 30.3 Å². The van der Waals surface area contributed by atoms with Gasteiger partial charge in [-0.25, -0.2) is 8.78 Å². The van der Waals surface area contributed by atoms with E-state index in [1.54, 1.807) is 24.3 Å². The molecule has 1 aromatic rings. The highest BCUT2D eigenvalue weighted by atomic mass is 35.5. The van der Waals surface area contributed by atoms with E-state index in [-0.39, 0.29) is 12.4 Å². The number of ether oxygens (including phenoxy) is 1. The number of rotatable bonds is 5. The Morgan fingerprint density at radius 3 is 2.61 bits per heavy atom. The van der Waals surface area contributed by atoms with E-state index in [2.05, 4.69) is 5.32 Å². The first-order chi connectivity index (χ1) is 10.4. The number of alkyl halides is 2. The molecule has 8 heteroatoms. The van der Waals surface area contributed by atoms with Gasteiger partial charge in [0.25, 0.3) is 5.92 Å². The molecule has 1 aliphatic heterocycles. The highest BCUT2D eigenvalue weighted by Gasteiger charge is 2.42. The van der Waals surface area contributed by atoms with Crippen LogP contribution < -0.4 is 11.1 Å². The monoisotopic (exact) mass is 368 g/mol. The summed E-state index contributed by atoms with van der Waals surface area (Å²) in [6, 6.07) is 6.95. The van der Waals surface area contributed by atoms with Crippen LogP contribution in [0.5, 0.6) is 0 Å². The number of nitrogens with one attached hydrogen (secondary N) is 1. The third-order valence-electron chi connectivity index (χ3n) is 3.96. The van der Waals surface area contributed by atoms with E-state index >= 15 is 0 Å². The number of carbonyl (C=O) groups excluding carboxylic acids is 1. The van der Waals surface area contributed by atoms with Crippen LogP contribution in [-0.2, 0) is 14.9 Å². The second kappa shape index (κ2) is 8.24. The number of benzene rings is 1. The van der Waals surface area contributed by atoms with Gasteiger partial charge in [-0.05, 0) is 30.5 Å². The van der Waals surface area contributed by atoms with Crippen LogP contribution in [0.1, 0.15) is 18.4 Å². The Bertz CT molecular complexity index is 538. The van der Waals surface area contributed by atoms with E-state index in [1.807, 2.05) is 0 Å². The maximum absolute atomic E-state index is 13.3. The molecule has 1 saturated heterocycles. The van der Waals surface area contributed by atoms with Crippen molar-refractivity contribution in [2.45, 2.75) is 24.2 Å². The Morgan fingerprint density at radius 2 is 2.04 bits per heavy atom. The quantitative estimate of drug-likeness (QED) is 0.839. The number of hydrogen-bond donors (Lipinski definition) is 2. The van der Waals surface area contributed by atoms with Gasteiger partial charge in [-0.1, -0.05) is 23.7 Å². The summed E-state index contributed by atoms with van der Waals surface area (Å²) in [5, 5.41) is 2.84. The van der Waals surface area contributed by atoms with Crippen LogP contribution in [0.25, 0.3) is 0 Å². The molecule has 1 fully saturated rings. The maximum Gasteiger partial charge on any atom is 0.277 e. The molecule has 23 heavy (non-hydrogen) atoms.